The smallest absolute Gasteiger partial charge is 0.236 e. The first-order valence-corrected chi connectivity index (χ1v) is 7.41. The number of aromatic nitrogens is 1. The summed E-state index contributed by atoms with van der Waals surface area (Å²) in [6.45, 7) is 1.23. The summed E-state index contributed by atoms with van der Waals surface area (Å²) in [6, 6.07) is 8.07. The molecular weight excluding hydrogens is 359 g/mol. The van der Waals surface area contributed by atoms with Gasteiger partial charge in [-0.15, -0.1) is 11.3 Å². The number of hydrogen-bond donors (Lipinski definition) is 0. The molecule has 0 radical (unpaired) electrons. The van der Waals surface area contributed by atoms with Crippen molar-refractivity contribution in [3.8, 4) is 10.6 Å². The van der Waals surface area contributed by atoms with Crippen LogP contribution in [0.1, 0.15) is 10.6 Å². The molecule has 0 fully saturated rings. The number of halogens is 7. The van der Waals surface area contributed by atoms with Gasteiger partial charge in [-0.2, -0.15) is 26.3 Å². The van der Waals surface area contributed by atoms with Crippen LogP contribution in [-0.4, -0.2) is 22.8 Å². The lowest BCUT2D eigenvalue weighted by atomic mass is 10.1. The molecule has 1 nitrogen and oxygen atoms in total. The molecule has 1 aliphatic rings. The van der Waals surface area contributed by atoms with Gasteiger partial charge < -0.3 is 0 Å². The Hall–Kier alpha value is -1.90. The molecule has 1 aromatic heterocycles. The van der Waals surface area contributed by atoms with E-state index in [-0.39, 0.29) is 9.88 Å². The molecule has 0 unspecified atom stereocenters. The van der Waals surface area contributed by atoms with Crippen molar-refractivity contribution in [1.82, 2.24) is 4.98 Å². The summed E-state index contributed by atoms with van der Waals surface area (Å²) in [4.78, 5) is 3.65. The monoisotopic (exact) mass is 367 g/mol. The Morgan fingerprint density at radius 2 is 1.50 bits per heavy atom. The lowest BCUT2D eigenvalue weighted by Gasteiger charge is -2.24. The maximum absolute atomic E-state index is 13.8. The minimum Gasteiger partial charge on any atom is -0.236 e. The summed E-state index contributed by atoms with van der Waals surface area (Å²) in [5.41, 5.74) is -2.45. The van der Waals surface area contributed by atoms with Gasteiger partial charge in [0.15, 0.2) is 5.83 Å². The molecule has 0 spiro atoms. The lowest BCUT2D eigenvalue weighted by Crippen LogP contribution is -2.48. The quantitative estimate of drug-likeness (QED) is 0.619. The summed E-state index contributed by atoms with van der Waals surface area (Å²) in [5.74, 6) is -19.7. The minimum absolute atomic E-state index is 0.0628. The van der Waals surface area contributed by atoms with Crippen LogP contribution in [0, 0.1) is 6.92 Å². The first kappa shape index (κ1) is 16.9. The Morgan fingerprint density at radius 1 is 0.917 bits per heavy atom. The van der Waals surface area contributed by atoms with Crippen LogP contribution < -0.4 is 0 Å². The van der Waals surface area contributed by atoms with E-state index in [0.29, 0.717) is 5.56 Å². The van der Waals surface area contributed by atoms with E-state index in [1.165, 1.54) is 6.92 Å². The number of aryl methyl sites for hydroxylation is 1. The Morgan fingerprint density at radius 3 is 2.00 bits per heavy atom. The van der Waals surface area contributed by atoms with Crippen LogP contribution in [0.3, 0.4) is 0 Å². The second-order valence-electron chi connectivity index (χ2n) is 5.20. The van der Waals surface area contributed by atoms with Gasteiger partial charge in [-0.3, -0.25) is 0 Å². The average molecular weight is 367 g/mol. The van der Waals surface area contributed by atoms with Crippen LogP contribution >= 0.6 is 11.3 Å². The molecule has 0 N–H and O–H groups in total. The van der Waals surface area contributed by atoms with Crippen LogP contribution in [0.25, 0.3) is 16.1 Å². The fourth-order valence-corrected chi connectivity index (χ4v) is 3.30. The van der Waals surface area contributed by atoms with Gasteiger partial charge in [0.25, 0.3) is 0 Å². The Balaban J connectivity index is 2.20. The second kappa shape index (κ2) is 5.05. The Bertz CT molecular complexity index is 824. The van der Waals surface area contributed by atoms with Gasteiger partial charge >= 0.3 is 17.8 Å². The van der Waals surface area contributed by atoms with E-state index in [1.807, 2.05) is 0 Å². The fourth-order valence-electron chi connectivity index (χ4n) is 2.37. The van der Waals surface area contributed by atoms with E-state index in [2.05, 4.69) is 4.98 Å². The maximum atomic E-state index is 13.8. The largest absolute Gasteiger partial charge is 0.383 e. The number of allylic oxidation sites excluding steroid dienone is 2. The number of alkyl halides is 6. The van der Waals surface area contributed by atoms with Crippen molar-refractivity contribution in [2.24, 2.45) is 0 Å². The first-order chi connectivity index (χ1) is 11.0. The molecule has 2 aromatic rings. The van der Waals surface area contributed by atoms with Crippen LogP contribution in [-0.2, 0) is 0 Å². The molecule has 1 aliphatic carbocycles. The van der Waals surface area contributed by atoms with Crippen molar-refractivity contribution < 1.29 is 30.7 Å². The Kier molecular flexibility index (Phi) is 3.56. The highest BCUT2D eigenvalue weighted by Gasteiger charge is 2.81. The lowest BCUT2D eigenvalue weighted by molar-refractivity contribution is -0.263. The zero-order valence-corrected chi connectivity index (χ0v) is 12.7. The molecular formula is C15H8F7NS. The highest BCUT2D eigenvalue weighted by molar-refractivity contribution is 7.15. The van der Waals surface area contributed by atoms with Crippen LogP contribution in [0.4, 0.5) is 30.7 Å². The van der Waals surface area contributed by atoms with Gasteiger partial charge in [-0.25, -0.2) is 9.37 Å². The van der Waals surface area contributed by atoms with E-state index in [4.69, 9.17) is 0 Å². The third-order valence-electron chi connectivity index (χ3n) is 3.65. The standard InChI is InChI=1S/C15H8F7NS/c1-7-10(23-12(24-7)8-5-3-2-4-6-8)9-11(16)14(19,20)15(21,22)13(9,17)18/h2-6H,1H3. The molecule has 0 bridgehead atoms. The van der Waals surface area contributed by atoms with Crippen molar-refractivity contribution in [3.63, 3.8) is 0 Å². The van der Waals surface area contributed by atoms with Crippen molar-refractivity contribution >= 4 is 16.9 Å². The fraction of sp³-hybridized carbons (Fsp3) is 0.267. The molecule has 0 saturated heterocycles. The second-order valence-corrected chi connectivity index (χ2v) is 6.41. The van der Waals surface area contributed by atoms with E-state index < -0.39 is 34.9 Å². The van der Waals surface area contributed by atoms with E-state index >= 15 is 0 Å². The average Bonchev–Trinajstić information content (AvgIpc) is 2.92. The van der Waals surface area contributed by atoms with Crippen LogP contribution in [0.5, 0.6) is 0 Å². The highest BCUT2D eigenvalue weighted by Crippen LogP contribution is 2.62. The van der Waals surface area contributed by atoms with E-state index in [1.54, 1.807) is 30.3 Å². The molecule has 0 atom stereocenters. The van der Waals surface area contributed by atoms with Gasteiger partial charge in [-0.1, -0.05) is 30.3 Å². The van der Waals surface area contributed by atoms with Gasteiger partial charge in [-0.05, 0) is 6.92 Å². The number of rotatable bonds is 2. The number of hydrogen-bond acceptors (Lipinski definition) is 2. The number of nitrogens with zero attached hydrogens (tertiary/aromatic N) is 1. The van der Waals surface area contributed by atoms with Gasteiger partial charge in [0.05, 0.1) is 11.3 Å². The van der Waals surface area contributed by atoms with E-state index in [0.717, 1.165) is 11.3 Å². The zero-order chi connectivity index (χ0) is 17.9. The third-order valence-corrected chi connectivity index (χ3v) is 4.67. The zero-order valence-electron chi connectivity index (χ0n) is 11.9. The minimum atomic E-state index is -5.86. The van der Waals surface area contributed by atoms with Crippen molar-refractivity contribution in [3.05, 3.63) is 46.7 Å². The molecule has 24 heavy (non-hydrogen) atoms. The molecule has 1 heterocycles. The molecule has 0 saturated carbocycles. The maximum Gasteiger partial charge on any atom is 0.383 e. The summed E-state index contributed by atoms with van der Waals surface area (Å²) in [5, 5.41) is 0.137. The van der Waals surface area contributed by atoms with E-state index in [9.17, 15) is 30.7 Å². The van der Waals surface area contributed by atoms with Gasteiger partial charge in [0, 0.05) is 10.4 Å². The van der Waals surface area contributed by atoms with Crippen molar-refractivity contribution in [2.45, 2.75) is 24.7 Å². The van der Waals surface area contributed by atoms with Crippen LogP contribution in [0.15, 0.2) is 36.2 Å². The molecule has 3 rings (SSSR count). The summed E-state index contributed by atoms with van der Waals surface area (Å²) < 4.78 is 94.8. The summed E-state index contributed by atoms with van der Waals surface area (Å²) >= 11 is 0.822. The molecule has 9 heteroatoms. The molecule has 1 aromatic carbocycles. The molecule has 0 aliphatic heterocycles. The number of benzene rings is 1. The Labute approximate surface area is 135 Å². The van der Waals surface area contributed by atoms with Gasteiger partial charge in [0.2, 0.25) is 0 Å². The summed E-state index contributed by atoms with van der Waals surface area (Å²) in [6.07, 6.45) is 0. The predicted octanol–water partition coefficient (Wildman–Crippen LogP) is 5.72. The van der Waals surface area contributed by atoms with Crippen molar-refractivity contribution in [2.75, 3.05) is 0 Å². The third kappa shape index (κ3) is 2.03. The predicted molar refractivity (Wildman–Crippen MR) is 75.2 cm³/mol. The highest BCUT2D eigenvalue weighted by atomic mass is 32.1. The summed E-state index contributed by atoms with van der Waals surface area (Å²) in [7, 11) is 0. The van der Waals surface area contributed by atoms with Crippen LogP contribution in [0.2, 0.25) is 0 Å². The number of thiazole rings is 1. The normalized spacial score (nSPS) is 21.3. The molecule has 0 amide bonds. The van der Waals surface area contributed by atoms with Crippen molar-refractivity contribution in [1.29, 1.82) is 0 Å². The molecule has 128 valence electrons. The van der Waals surface area contributed by atoms with Gasteiger partial charge in [0.1, 0.15) is 5.01 Å². The SMILES string of the molecule is Cc1sc(-c2ccccc2)nc1C1=C(F)C(F)(F)C(F)(F)C1(F)F. The first-order valence-electron chi connectivity index (χ1n) is 6.59. The topological polar surface area (TPSA) is 12.9 Å².